The Labute approximate surface area is 228 Å². The third-order valence-corrected chi connectivity index (χ3v) is 7.44. The number of aromatic nitrogens is 2. The van der Waals surface area contributed by atoms with Gasteiger partial charge in [0.1, 0.15) is 5.65 Å². The van der Waals surface area contributed by atoms with Gasteiger partial charge >= 0.3 is 0 Å². The summed E-state index contributed by atoms with van der Waals surface area (Å²) in [5.41, 5.74) is 5.82. The van der Waals surface area contributed by atoms with E-state index in [4.69, 9.17) is 11.6 Å². The summed E-state index contributed by atoms with van der Waals surface area (Å²) in [5.74, 6) is -0.132. The molecule has 0 bridgehead atoms. The highest BCUT2D eigenvalue weighted by molar-refractivity contribution is 6.30. The maximum absolute atomic E-state index is 13.8. The van der Waals surface area contributed by atoms with Gasteiger partial charge in [-0.2, -0.15) is 0 Å². The van der Waals surface area contributed by atoms with E-state index in [0.717, 1.165) is 39.0 Å². The lowest BCUT2D eigenvalue weighted by Crippen LogP contribution is -2.51. The van der Waals surface area contributed by atoms with Crippen molar-refractivity contribution in [3.05, 3.63) is 83.1 Å². The third-order valence-electron chi connectivity index (χ3n) is 7.19. The molecule has 0 spiro atoms. The van der Waals surface area contributed by atoms with Crippen LogP contribution in [-0.4, -0.2) is 64.6 Å². The van der Waals surface area contributed by atoms with Crippen molar-refractivity contribution >= 4 is 34.2 Å². The number of carbonyl (C=O) groups is 1. The molecule has 38 heavy (non-hydrogen) atoms. The Kier molecular flexibility index (Phi) is 7.98. The summed E-state index contributed by atoms with van der Waals surface area (Å²) in [6, 6.07) is 17.9. The van der Waals surface area contributed by atoms with Gasteiger partial charge in [-0.05, 0) is 41.0 Å². The third kappa shape index (κ3) is 5.55. The quantitative estimate of drug-likeness (QED) is 0.304. The molecule has 1 saturated heterocycles. The molecule has 198 valence electrons. The predicted octanol–water partition coefficient (Wildman–Crippen LogP) is 4.81. The first kappa shape index (κ1) is 26.2. The van der Waals surface area contributed by atoms with Crippen LogP contribution in [0.5, 0.6) is 0 Å². The van der Waals surface area contributed by atoms with Crippen LogP contribution < -0.4 is 10.2 Å². The molecule has 4 aromatic rings. The minimum absolute atomic E-state index is 0.00968. The van der Waals surface area contributed by atoms with Gasteiger partial charge < -0.3 is 25.2 Å². The first-order valence-corrected chi connectivity index (χ1v) is 13.5. The number of hydrogen-bond acceptors (Lipinski definition) is 5. The van der Waals surface area contributed by atoms with E-state index in [2.05, 4.69) is 46.2 Å². The second-order valence-electron chi connectivity index (χ2n) is 10.1. The number of benzene rings is 2. The number of amides is 1. The van der Waals surface area contributed by atoms with Gasteiger partial charge in [0.15, 0.2) is 0 Å². The fourth-order valence-electron chi connectivity index (χ4n) is 5.15. The van der Waals surface area contributed by atoms with Crippen molar-refractivity contribution < 1.29 is 9.90 Å². The summed E-state index contributed by atoms with van der Waals surface area (Å²) >= 11 is 6.12. The Morgan fingerprint density at radius 1 is 1.11 bits per heavy atom. The molecule has 2 aromatic carbocycles. The summed E-state index contributed by atoms with van der Waals surface area (Å²) in [6.45, 7) is 7.45. The fraction of sp³-hybridized carbons (Fsp3) is 0.333. The number of hydrogen-bond donors (Lipinski definition) is 3. The zero-order valence-corrected chi connectivity index (χ0v) is 22.6. The number of carbonyl (C=O) groups excluding carboxylic acids is 1. The van der Waals surface area contributed by atoms with Crippen LogP contribution in [0.3, 0.4) is 0 Å². The Hall–Kier alpha value is -3.39. The first-order valence-electron chi connectivity index (χ1n) is 13.1. The number of anilines is 1. The average Bonchev–Trinajstić information content (AvgIpc) is 3.42. The van der Waals surface area contributed by atoms with Gasteiger partial charge in [0.25, 0.3) is 0 Å². The number of piperazine rings is 1. The van der Waals surface area contributed by atoms with Gasteiger partial charge in [-0.1, -0.05) is 55.8 Å². The molecule has 7 nitrogen and oxygen atoms in total. The number of aliphatic hydroxyl groups excluding tert-OH is 1. The number of nitrogens with zero attached hydrogens (tertiary/aromatic N) is 3. The second kappa shape index (κ2) is 11.6. The van der Waals surface area contributed by atoms with Crippen LogP contribution in [0.15, 0.2) is 67.0 Å². The molecule has 1 amide bonds. The van der Waals surface area contributed by atoms with Crippen LogP contribution in [0.4, 0.5) is 5.69 Å². The Morgan fingerprint density at radius 3 is 2.58 bits per heavy atom. The smallest absolute Gasteiger partial charge is 0.231 e. The lowest BCUT2D eigenvalue weighted by Gasteiger charge is -2.38. The molecule has 0 radical (unpaired) electrons. The molecule has 5 rings (SSSR count). The molecule has 1 atom stereocenters. The Morgan fingerprint density at radius 2 is 1.87 bits per heavy atom. The summed E-state index contributed by atoms with van der Waals surface area (Å²) in [7, 11) is 0. The van der Waals surface area contributed by atoms with Crippen LogP contribution in [0.25, 0.3) is 22.2 Å². The highest BCUT2D eigenvalue weighted by Gasteiger charge is 2.30. The molecule has 8 heteroatoms. The van der Waals surface area contributed by atoms with E-state index < -0.39 is 0 Å². The van der Waals surface area contributed by atoms with Crippen LogP contribution in [-0.2, 0) is 11.4 Å². The molecular weight excluding hydrogens is 498 g/mol. The van der Waals surface area contributed by atoms with Gasteiger partial charge in [-0.25, -0.2) is 4.98 Å². The Bertz CT molecular complexity index is 1390. The maximum Gasteiger partial charge on any atom is 0.231 e. The van der Waals surface area contributed by atoms with Crippen molar-refractivity contribution in [2.45, 2.75) is 32.4 Å². The van der Waals surface area contributed by atoms with E-state index in [1.165, 1.54) is 0 Å². The Balaban J connectivity index is 1.39. The monoisotopic (exact) mass is 531 g/mol. The SMILES string of the molecule is CC(C)NCC(C(=O)N1CCN(c2c(-c3cccc(CO)c3)cnc3[nH]ccc23)CC1)c1ccc(Cl)cc1. The van der Waals surface area contributed by atoms with Gasteiger partial charge in [0.2, 0.25) is 5.91 Å². The van der Waals surface area contributed by atoms with Gasteiger partial charge in [0, 0.05) is 67.1 Å². The highest BCUT2D eigenvalue weighted by Crippen LogP contribution is 2.37. The minimum atomic E-state index is -0.268. The van der Waals surface area contributed by atoms with Crippen molar-refractivity contribution in [2.24, 2.45) is 0 Å². The van der Waals surface area contributed by atoms with Crippen molar-refractivity contribution in [3.63, 3.8) is 0 Å². The first-order chi connectivity index (χ1) is 18.4. The molecule has 0 saturated carbocycles. The van der Waals surface area contributed by atoms with Crippen LogP contribution in [0, 0.1) is 0 Å². The van der Waals surface area contributed by atoms with E-state index in [1.54, 1.807) is 0 Å². The van der Waals surface area contributed by atoms with Crippen molar-refractivity contribution in [1.29, 1.82) is 0 Å². The molecule has 1 aliphatic rings. The van der Waals surface area contributed by atoms with E-state index in [9.17, 15) is 9.90 Å². The summed E-state index contributed by atoms with van der Waals surface area (Å²) in [6.07, 6.45) is 3.81. The number of H-pyrrole nitrogens is 1. The largest absolute Gasteiger partial charge is 0.392 e. The molecule has 2 aromatic heterocycles. The minimum Gasteiger partial charge on any atom is -0.392 e. The van der Waals surface area contributed by atoms with Gasteiger partial charge in [0.05, 0.1) is 18.2 Å². The van der Waals surface area contributed by atoms with Gasteiger partial charge in [-0.15, -0.1) is 0 Å². The molecule has 1 aliphatic heterocycles. The number of pyridine rings is 1. The van der Waals surface area contributed by atoms with Crippen molar-refractivity contribution in [1.82, 2.24) is 20.2 Å². The summed E-state index contributed by atoms with van der Waals surface area (Å²) < 4.78 is 0. The number of aliphatic hydroxyl groups is 1. The second-order valence-corrected chi connectivity index (χ2v) is 10.5. The molecule has 0 aliphatic carbocycles. The van der Waals surface area contributed by atoms with Crippen LogP contribution >= 0.6 is 11.6 Å². The molecule has 1 fully saturated rings. The number of aromatic amines is 1. The standard InChI is InChI=1S/C30H34ClN5O2/c1-20(2)33-18-27(22-6-8-24(31)9-7-22)30(38)36-14-12-35(13-15-36)28-25-10-11-32-29(25)34-17-26(28)23-5-3-4-21(16-23)19-37/h3-11,16-17,20,27,33,37H,12-15,18-19H2,1-2H3,(H,32,34). The normalized spacial score (nSPS) is 14.9. The van der Waals surface area contributed by atoms with Crippen molar-refractivity contribution in [3.8, 4) is 11.1 Å². The van der Waals surface area contributed by atoms with E-state index in [1.807, 2.05) is 59.8 Å². The number of halogens is 1. The number of rotatable bonds is 8. The lowest BCUT2D eigenvalue weighted by atomic mass is 9.96. The molecule has 3 heterocycles. The highest BCUT2D eigenvalue weighted by atomic mass is 35.5. The average molecular weight is 532 g/mol. The van der Waals surface area contributed by atoms with Crippen molar-refractivity contribution in [2.75, 3.05) is 37.6 Å². The van der Waals surface area contributed by atoms with E-state index in [0.29, 0.717) is 37.7 Å². The van der Waals surface area contributed by atoms with E-state index in [-0.39, 0.29) is 24.5 Å². The molecule has 1 unspecified atom stereocenters. The maximum atomic E-state index is 13.8. The topological polar surface area (TPSA) is 84.5 Å². The van der Waals surface area contributed by atoms with E-state index >= 15 is 0 Å². The predicted molar refractivity (Wildman–Crippen MR) is 154 cm³/mol. The number of fused-ring (bicyclic) bond motifs is 1. The number of nitrogens with one attached hydrogen (secondary N) is 2. The fourth-order valence-corrected chi connectivity index (χ4v) is 5.28. The zero-order chi connectivity index (χ0) is 26.6. The molecular formula is C30H34ClN5O2. The summed E-state index contributed by atoms with van der Waals surface area (Å²) in [4.78, 5) is 26.0. The van der Waals surface area contributed by atoms with Crippen LogP contribution in [0.2, 0.25) is 5.02 Å². The summed E-state index contributed by atoms with van der Waals surface area (Å²) in [5, 5.41) is 14.8. The van der Waals surface area contributed by atoms with Gasteiger partial charge in [-0.3, -0.25) is 4.79 Å². The molecule has 3 N–H and O–H groups in total. The van der Waals surface area contributed by atoms with Crippen LogP contribution in [0.1, 0.15) is 30.9 Å². The zero-order valence-electron chi connectivity index (χ0n) is 21.8. The lowest BCUT2D eigenvalue weighted by molar-refractivity contribution is -0.133.